The molecule has 0 bridgehead atoms. The standard InChI is InChI=1S/C14H18FNO2/c1-10-4-3-7-16(10)14(17)8-11-5-6-12(18-2)9-13(11)15/h5-6,9-10H,3-4,7-8H2,1-2H3. The summed E-state index contributed by atoms with van der Waals surface area (Å²) in [5.41, 5.74) is 0.430. The first kappa shape index (κ1) is 12.9. The van der Waals surface area contributed by atoms with Gasteiger partial charge in [0, 0.05) is 18.7 Å². The SMILES string of the molecule is COc1ccc(CC(=O)N2CCCC2C)c(F)c1. The molecule has 3 nitrogen and oxygen atoms in total. The summed E-state index contributed by atoms with van der Waals surface area (Å²) in [6.07, 6.45) is 2.20. The van der Waals surface area contributed by atoms with Crippen LogP contribution in [0.1, 0.15) is 25.3 Å². The predicted octanol–water partition coefficient (Wildman–Crippen LogP) is 2.39. The Bertz CT molecular complexity index is 447. The van der Waals surface area contributed by atoms with Gasteiger partial charge in [-0.3, -0.25) is 4.79 Å². The minimum Gasteiger partial charge on any atom is -0.497 e. The number of methoxy groups -OCH3 is 1. The van der Waals surface area contributed by atoms with Crippen LogP contribution in [0.4, 0.5) is 4.39 Å². The highest BCUT2D eigenvalue weighted by Gasteiger charge is 2.25. The molecule has 1 unspecified atom stereocenters. The highest BCUT2D eigenvalue weighted by molar-refractivity contribution is 5.79. The van der Waals surface area contributed by atoms with E-state index in [1.807, 2.05) is 11.8 Å². The zero-order chi connectivity index (χ0) is 13.1. The maximum Gasteiger partial charge on any atom is 0.227 e. The van der Waals surface area contributed by atoms with Crippen LogP contribution < -0.4 is 4.74 Å². The molecule has 1 fully saturated rings. The topological polar surface area (TPSA) is 29.5 Å². The number of likely N-dealkylation sites (tertiary alicyclic amines) is 1. The highest BCUT2D eigenvalue weighted by Crippen LogP contribution is 2.20. The summed E-state index contributed by atoms with van der Waals surface area (Å²) >= 11 is 0. The summed E-state index contributed by atoms with van der Waals surface area (Å²) in [6.45, 7) is 2.83. The summed E-state index contributed by atoms with van der Waals surface area (Å²) in [4.78, 5) is 13.9. The molecule has 0 saturated carbocycles. The molecular weight excluding hydrogens is 233 g/mol. The second-order valence-electron chi connectivity index (χ2n) is 4.71. The smallest absolute Gasteiger partial charge is 0.227 e. The van der Waals surface area contributed by atoms with Gasteiger partial charge in [0.2, 0.25) is 5.91 Å². The summed E-state index contributed by atoms with van der Waals surface area (Å²) < 4.78 is 18.7. The van der Waals surface area contributed by atoms with Gasteiger partial charge in [-0.05, 0) is 31.4 Å². The number of carbonyl (C=O) groups excluding carboxylic acids is 1. The lowest BCUT2D eigenvalue weighted by Crippen LogP contribution is -2.34. The van der Waals surface area contributed by atoms with Gasteiger partial charge in [-0.25, -0.2) is 4.39 Å². The Morgan fingerprint density at radius 1 is 1.56 bits per heavy atom. The molecular formula is C14H18FNO2. The van der Waals surface area contributed by atoms with Crippen molar-refractivity contribution in [3.63, 3.8) is 0 Å². The molecule has 1 aliphatic heterocycles. The molecule has 4 heteroatoms. The molecule has 98 valence electrons. The Labute approximate surface area is 107 Å². The average molecular weight is 251 g/mol. The molecule has 1 aliphatic rings. The van der Waals surface area contributed by atoms with Gasteiger partial charge in [-0.15, -0.1) is 0 Å². The Hall–Kier alpha value is -1.58. The van der Waals surface area contributed by atoms with Crippen LogP contribution in [0.3, 0.4) is 0 Å². The van der Waals surface area contributed by atoms with Gasteiger partial charge in [0.25, 0.3) is 0 Å². The first-order chi connectivity index (χ1) is 8.61. The van der Waals surface area contributed by atoms with Gasteiger partial charge in [0.1, 0.15) is 11.6 Å². The summed E-state index contributed by atoms with van der Waals surface area (Å²) in [6, 6.07) is 4.89. The Balaban J connectivity index is 2.07. The van der Waals surface area contributed by atoms with Crippen LogP contribution in [0, 0.1) is 5.82 Å². The van der Waals surface area contributed by atoms with Crippen molar-refractivity contribution in [1.82, 2.24) is 4.90 Å². The van der Waals surface area contributed by atoms with Crippen LogP contribution in [0.25, 0.3) is 0 Å². The number of hydrogen-bond donors (Lipinski definition) is 0. The van der Waals surface area contributed by atoms with E-state index in [1.54, 1.807) is 12.1 Å². The second kappa shape index (κ2) is 5.38. The molecule has 0 aromatic heterocycles. The zero-order valence-corrected chi connectivity index (χ0v) is 10.8. The molecule has 1 amide bonds. The van der Waals surface area contributed by atoms with E-state index in [4.69, 9.17) is 4.74 Å². The van der Waals surface area contributed by atoms with E-state index in [9.17, 15) is 9.18 Å². The number of benzene rings is 1. The largest absolute Gasteiger partial charge is 0.497 e. The molecule has 0 aliphatic carbocycles. The van der Waals surface area contributed by atoms with Crippen molar-refractivity contribution < 1.29 is 13.9 Å². The summed E-state index contributed by atoms with van der Waals surface area (Å²) in [5.74, 6) is 0.0943. The van der Waals surface area contributed by atoms with E-state index in [-0.39, 0.29) is 24.2 Å². The number of carbonyl (C=O) groups is 1. The van der Waals surface area contributed by atoms with Crippen LogP contribution >= 0.6 is 0 Å². The molecule has 18 heavy (non-hydrogen) atoms. The van der Waals surface area contributed by atoms with Crippen LogP contribution in [-0.4, -0.2) is 30.5 Å². The molecule has 1 heterocycles. The van der Waals surface area contributed by atoms with Crippen molar-refractivity contribution in [3.8, 4) is 5.75 Å². The normalized spacial score (nSPS) is 19.1. The van der Waals surface area contributed by atoms with E-state index in [0.29, 0.717) is 11.3 Å². The number of nitrogens with zero attached hydrogens (tertiary/aromatic N) is 1. The third-order valence-electron chi connectivity index (χ3n) is 3.48. The lowest BCUT2D eigenvalue weighted by atomic mass is 10.1. The molecule has 2 rings (SSSR count). The quantitative estimate of drug-likeness (QED) is 0.825. The van der Waals surface area contributed by atoms with Gasteiger partial charge in [0.15, 0.2) is 0 Å². The lowest BCUT2D eigenvalue weighted by molar-refractivity contribution is -0.131. The Kier molecular flexibility index (Phi) is 3.84. The monoisotopic (exact) mass is 251 g/mol. The molecule has 0 spiro atoms. The zero-order valence-electron chi connectivity index (χ0n) is 10.8. The first-order valence-electron chi connectivity index (χ1n) is 6.23. The number of hydrogen-bond acceptors (Lipinski definition) is 2. The van der Waals surface area contributed by atoms with Gasteiger partial charge in [-0.1, -0.05) is 6.07 Å². The van der Waals surface area contributed by atoms with Crippen molar-refractivity contribution in [1.29, 1.82) is 0 Å². The van der Waals surface area contributed by atoms with Crippen molar-refractivity contribution in [2.45, 2.75) is 32.2 Å². The molecule has 1 saturated heterocycles. The van der Waals surface area contributed by atoms with Crippen LogP contribution in [0.5, 0.6) is 5.75 Å². The van der Waals surface area contributed by atoms with E-state index in [2.05, 4.69) is 0 Å². The molecule has 1 aromatic rings. The number of ether oxygens (including phenoxy) is 1. The molecule has 0 N–H and O–H groups in total. The Morgan fingerprint density at radius 3 is 2.89 bits per heavy atom. The second-order valence-corrected chi connectivity index (χ2v) is 4.71. The van der Waals surface area contributed by atoms with Crippen molar-refractivity contribution >= 4 is 5.91 Å². The van der Waals surface area contributed by atoms with Crippen molar-refractivity contribution in [2.75, 3.05) is 13.7 Å². The maximum absolute atomic E-state index is 13.7. The number of rotatable bonds is 3. The van der Waals surface area contributed by atoms with Crippen molar-refractivity contribution in [3.05, 3.63) is 29.6 Å². The summed E-state index contributed by atoms with van der Waals surface area (Å²) in [7, 11) is 1.49. The average Bonchev–Trinajstić information content (AvgIpc) is 2.78. The third-order valence-corrected chi connectivity index (χ3v) is 3.48. The minimum absolute atomic E-state index is 0.00377. The van der Waals surface area contributed by atoms with Crippen LogP contribution in [0.2, 0.25) is 0 Å². The fourth-order valence-electron chi connectivity index (χ4n) is 2.37. The molecule has 1 aromatic carbocycles. The van der Waals surface area contributed by atoms with E-state index in [0.717, 1.165) is 19.4 Å². The minimum atomic E-state index is -0.380. The van der Waals surface area contributed by atoms with Gasteiger partial charge in [-0.2, -0.15) is 0 Å². The summed E-state index contributed by atoms with van der Waals surface area (Å²) in [5, 5.41) is 0. The van der Waals surface area contributed by atoms with Gasteiger partial charge >= 0.3 is 0 Å². The maximum atomic E-state index is 13.7. The predicted molar refractivity (Wildman–Crippen MR) is 67.1 cm³/mol. The molecule has 0 radical (unpaired) electrons. The number of amides is 1. The van der Waals surface area contributed by atoms with Gasteiger partial charge < -0.3 is 9.64 Å². The van der Waals surface area contributed by atoms with E-state index >= 15 is 0 Å². The highest BCUT2D eigenvalue weighted by atomic mass is 19.1. The van der Waals surface area contributed by atoms with Crippen LogP contribution in [0.15, 0.2) is 18.2 Å². The fourth-order valence-corrected chi connectivity index (χ4v) is 2.37. The third kappa shape index (κ3) is 2.63. The number of halogens is 1. The molecule has 1 atom stereocenters. The lowest BCUT2D eigenvalue weighted by Gasteiger charge is -2.21. The Morgan fingerprint density at radius 2 is 2.33 bits per heavy atom. The van der Waals surface area contributed by atoms with Crippen molar-refractivity contribution in [2.24, 2.45) is 0 Å². The first-order valence-corrected chi connectivity index (χ1v) is 6.23. The van der Waals surface area contributed by atoms with Crippen LogP contribution in [-0.2, 0) is 11.2 Å². The van der Waals surface area contributed by atoms with Gasteiger partial charge in [0.05, 0.1) is 13.5 Å². The van der Waals surface area contributed by atoms with E-state index in [1.165, 1.54) is 13.2 Å². The fraction of sp³-hybridized carbons (Fsp3) is 0.500. The van der Waals surface area contributed by atoms with E-state index < -0.39 is 0 Å².